The minimum absolute atomic E-state index is 0.195. The van der Waals surface area contributed by atoms with Crippen molar-refractivity contribution in [3.63, 3.8) is 0 Å². The van der Waals surface area contributed by atoms with Gasteiger partial charge in [-0.25, -0.2) is 0 Å². The van der Waals surface area contributed by atoms with Gasteiger partial charge in [0.1, 0.15) is 0 Å². The van der Waals surface area contributed by atoms with Crippen LogP contribution in [0.3, 0.4) is 0 Å². The maximum Gasteiger partial charge on any atom is 0.230 e. The van der Waals surface area contributed by atoms with Crippen LogP contribution in [-0.2, 0) is 4.79 Å². The van der Waals surface area contributed by atoms with Gasteiger partial charge in [0.15, 0.2) is 0 Å². The van der Waals surface area contributed by atoms with Gasteiger partial charge in [0, 0.05) is 39.3 Å². The van der Waals surface area contributed by atoms with Crippen LogP contribution >= 0.6 is 0 Å². The first-order chi connectivity index (χ1) is 9.10. The van der Waals surface area contributed by atoms with E-state index in [0.29, 0.717) is 11.8 Å². The lowest BCUT2D eigenvalue weighted by atomic mass is 9.75. The summed E-state index contributed by atoms with van der Waals surface area (Å²) in [7, 11) is 0. The molecule has 0 aliphatic carbocycles. The van der Waals surface area contributed by atoms with Gasteiger partial charge in [-0.15, -0.1) is 0 Å². The quantitative estimate of drug-likeness (QED) is 0.739. The number of aliphatic hydroxyl groups is 1. The molecule has 1 unspecified atom stereocenters. The number of piperazine rings is 1. The highest BCUT2D eigenvalue weighted by Crippen LogP contribution is 2.36. The van der Waals surface area contributed by atoms with E-state index in [4.69, 9.17) is 5.11 Å². The molecule has 1 amide bonds. The molecule has 1 atom stereocenters. The Morgan fingerprint density at radius 1 is 1.32 bits per heavy atom. The Balaban J connectivity index is 1.96. The molecule has 2 aliphatic heterocycles. The summed E-state index contributed by atoms with van der Waals surface area (Å²) in [5, 5.41) is 12.3. The van der Waals surface area contributed by atoms with E-state index in [1.807, 2.05) is 4.90 Å². The Hall–Kier alpha value is -0.650. The summed E-state index contributed by atoms with van der Waals surface area (Å²) in [6.07, 6.45) is 0.959. The highest BCUT2D eigenvalue weighted by molar-refractivity contribution is 5.84. The average molecular weight is 269 g/mol. The molecule has 2 rings (SSSR count). The van der Waals surface area contributed by atoms with E-state index in [0.717, 1.165) is 52.2 Å². The fraction of sp³-hybridized carbons (Fsp3) is 0.929. The summed E-state index contributed by atoms with van der Waals surface area (Å²) < 4.78 is 0. The first kappa shape index (κ1) is 14.8. The van der Waals surface area contributed by atoms with Gasteiger partial charge < -0.3 is 15.3 Å². The minimum Gasteiger partial charge on any atom is -0.395 e. The van der Waals surface area contributed by atoms with E-state index >= 15 is 0 Å². The molecule has 2 saturated heterocycles. The smallest absolute Gasteiger partial charge is 0.230 e. The molecule has 0 radical (unpaired) electrons. The van der Waals surface area contributed by atoms with E-state index in [1.165, 1.54) is 0 Å². The zero-order valence-electron chi connectivity index (χ0n) is 12.2. The number of amides is 1. The third-order valence-electron chi connectivity index (χ3n) is 4.80. The number of rotatable bonds is 4. The lowest BCUT2D eigenvalue weighted by molar-refractivity contribution is -0.145. The molecule has 0 saturated carbocycles. The normalized spacial score (nSPS) is 29.2. The molecule has 5 heteroatoms. The topological polar surface area (TPSA) is 55.8 Å². The van der Waals surface area contributed by atoms with Crippen LogP contribution in [0.25, 0.3) is 0 Å². The number of nitrogens with zero attached hydrogens (tertiary/aromatic N) is 2. The second-order valence-electron chi connectivity index (χ2n) is 6.10. The Morgan fingerprint density at radius 2 is 2.00 bits per heavy atom. The van der Waals surface area contributed by atoms with E-state index < -0.39 is 0 Å². The van der Waals surface area contributed by atoms with Crippen molar-refractivity contribution in [2.24, 2.45) is 11.3 Å². The maximum absolute atomic E-state index is 12.8. The summed E-state index contributed by atoms with van der Waals surface area (Å²) in [5.41, 5.74) is -0.195. The predicted molar refractivity (Wildman–Crippen MR) is 74.9 cm³/mol. The number of carbonyl (C=O) groups is 1. The molecule has 0 aromatic heterocycles. The highest BCUT2D eigenvalue weighted by atomic mass is 16.3. The van der Waals surface area contributed by atoms with Crippen molar-refractivity contribution >= 4 is 5.91 Å². The van der Waals surface area contributed by atoms with E-state index in [2.05, 4.69) is 24.1 Å². The standard InChI is InChI=1S/C14H27N3O2/c1-12(2)14(3-4-15-11-14)13(19)17-7-5-16(6-8-17)9-10-18/h12,15,18H,3-11H2,1-2H3. The van der Waals surface area contributed by atoms with E-state index in [9.17, 15) is 4.79 Å². The van der Waals surface area contributed by atoms with Crippen LogP contribution in [0.2, 0.25) is 0 Å². The molecular formula is C14H27N3O2. The molecule has 0 bridgehead atoms. The minimum atomic E-state index is -0.195. The summed E-state index contributed by atoms with van der Waals surface area (Å²) in [4.78, 5) is 17.1. The number of β-amino-alcohol motifs (C(OH)–C–C–N with tert-alkyl or cyclic N) is 1. The molecule has 110 valence electrons. The lowest BCUT2D eigenvalue weighted by Crippen LogP contribution is -2.55. The van der Waals surface area contributed by atoms with Gasteiger partial charge in [-0.05, 0) is 18.9 Å². The van der Waals surface area contributed by atoms with Crippen molar-refractivity contribution in [1.29, 1.82) is 0 Å². The van der Waals surface area contributed by atoms with Gasteiger partial charge in [-0.1, -0.05) is 13.8 Å². The van der Waals surface area contributed by atoms with Crippen LogP contribution < -0.4 is 5.32 Å². The van der Waals surface area contributed by atoms with Gasteiger partial charge in [-0.3, -0.25) is 9.69 Å². The summed E-state index contributed by atoms with van der Waals surface area (Å²) >= 11 is 0. The van der Waals surface area contributed by atoms with E-state index in [1.54, 1.807) is 0 Å². The number of nitrogens with one attached hydrogen (secondary N) is 1. The number of aliphatic hydroxyl groups excluding tert-OH is 1. The van der Waals surface area contributed by atoms with Crippen LogP contribution in [0.1, 0.15) is 20.3 Å². The van der Waals surface area contributed by atoms with Gasteiger partial charge in [0.05, 0.1) is 12.0 Å². The third kappa shape index (κ3) is 2.93. The van der Waals surface area contributed by atoms with Crippen molar-refractivity contribution in [2.45, 2.75) is 20.3 Å². The first-order valence-electron chi connectivity index (χ1n) is 7.43. The molecule has 2 fully saturated rings. The van der Waals surface area contributed by atoms with Crippen LogP contribution in [0, 0.1) is 11.3 Å². The van der Waals surface area contributed by atoms with Crippen molar-refractivity contribution in [1.82, 2.24) is 15.1 Å². The summed E-state index contributed by atoms with van der Waals surface area (Å²) in [5.74, 6) is 0.710. The Labute approximate surface area is 115 Å². The second kappa shape index (κ2) is 6.20. The summed E-state index contributed by atoms with van der Waals surface area (Å²) in [6.45, 7) is 10.4. The van der Waals surface area contributed by atoms with Crippen LogP contribution in [0.15, 0.2) is 0 Å². The van der Waals surface area contributed by atoms with Crippen molar-refractivity contribution in [2.75, 3.05) is 52.4 Å². The van der Waals surface area contributed by atoms with Gasteiger partial charge in [0.25, 0.3) is 0 Å². The average Bonchev–Trinajstić information content (AvgIpc) is 2.90. The molecule has 2 N–H and O–H groups in total. The molecule has 5 nitrogen and oxygen atoms in total. The lowest BCUT2D eigenvalue weighted by Gasteiger charge is -2.41. The predicted octanol–water partition coefficient (Wildman–Crippen LogP) is -0.241. The molecular weight excluding hydrogens is 242 g/mol. The molecule has 0 aromatic rings. The van der Waals surface area contributed by atoms with Crippen molar-refractivity contribution in [3.8, 4) is 0 Å². The third-order valence-corrected chi connectivity index (χ3v) is 4.80. The fourth-order valence-corrected chi connectivity index (χ4v) is 3.26. The van der Waals surface area contributed by atoms with Crippen molar-refractivity contribution < 1.29 is 9.90 Å². The maximum atomic E-state index is 12.8. The van der Waals surface area contributed by atoms with Crippen LogP contribution in [0.4, 0.5) is 0 Å². The van der Waals surface area contributed by atoms with Gasteiger partial charge >= 0.3 is 0 Å². The van der Waals surface area contributed by atoms with Gasteiger partial charge in [0.2, 0.25) is 5.91 Å². The number of hydrogen-bond donors (Lipinski definition) is 2. The van der Waals surface area contributed by atoms with Crippen molar-refractivity contribution in [3.05, 3.63) is 0 Å². The van der Waals surface area contributed by atoms with Crippen LogP contribution in [-0.4, -0.2) is 73.2 Å². The monoisotopic (exact) mass is 269 g/mol. The SMILES string of the molecule is CC(C)C1(C(=O)N2CCN(CCO)CC2)CCNC1. The Bertz CT molecular complexity index is 306. The molecule has 0 spiro atoms. The molecule has 0 aromatic carbocycles. The fourth-order valence-electron chi connectivity index (χ4n) is 3.26. The highest BCUT2D eigenvalue weighted by Gasteiger charge is 2.46. The number of carbonyl (C=O) groups excluding carboxylic acids is 1. The first-order valence-corrected chi connectivity index (χ1v) is 7.43. The molecule has 2 heterocycles. The van der Waals surface area contributed by atoms with Gasteiger partial charge in [-0.2, -0.15) is 0 Å². The summed E-state index contributed by atoms with van der Waals surface area (Å²) in [6, 6.07) is 0. The molecule has 19 heavy (non-hydrogen) atoms. The number of hydrogen-bond acceptors (Lipinski definition) is 4. The zero-order valence-corrected chi connectivity index (χ0v) is 12.2. The zero-order chi connectivity index (χ0) is 13.9. The Morgan fingerprint density at radius 3 is 2.47 bits per heavy atom. The van der Waals surface area contributed by atoms with Crippen LogP contribution in [0.5, 0.6) is 0 Å². The van der Waals surface area contributed by atoms with E-state index in [-0.39, 0.29) is 12.0 Å². The second-order valence-corrected chi connectivity index (χ2v) is 6.10. The Kier molecular flexibility index (Phi) is 4.81. The largest absolute Gasteiger partial charge is 0.395 e. The molecule has 2 aliphatic rings.